The maximum atomic E-state index is 12.2. The summed E-state index contributed by atoms with van der Waals surface area (Å²) in [5.74, 6) is 0.992. The lowest BCUT2D eigenvalue weighted by Gasteiger charge is -2.17. The van der Waals surface area contributed by atoms with Crippen LogP contribution >= 0.6 is 0 Å². The van der Waals surface area contributed by atoms with E-state index in [1.807, 2.05) is 23.1 Å². The molecule has 2 aromatic rings. The zero-order valence-corrected chi connectivity index (χ0v) is 13.4. The fourth-order valence-electron chi connectivity index (χ4n) is 2.89. The van der Waals surface area contributed by atoms with E-state index in [1.54, 1.807) is 18.4 Å². The van der Waals surface area contributed by atoms with Crippen molar-refractivity contribution in [2.75, 3.05) is 19.6 Å². The Morgan fingerprint density at radius 2 is 1.96 bits per heavy atom. The van der Waals surface area contributed by atoms with Gasteiger partial charge in [0.15, 0.2) is 0 Å². The maximum Gasteiger partial charge on any atom is 0.315 e. The molecule has 1 aromatic heterocycles. The van der Waals surface area contributed by atoms with E-state index in [0.717, 1.165) is 13.0 Å². The lowest BCUT2D eigenvalue weighted by Crippen LogP contribution is -2.42. The fraction of sp³-hybridized carbons (Fsp3) is 0.333. The number of benzene rings is 1. The molecule has 0 saturated carbocycles. The fourth-order valence-corrected chi connectivity index (χ4v) is 2.89. The van der Waals surface area contributed by atoms with E-state index >= 15 is 0 Å². The highest BCUT2D eigenvalue weighted by atomic mass is 16.3. The second-order valence-electron chi connectivity index (χ2n) is 5.85. The van der Waals surface area contributed by atoms with Crippen molar-refractivity contribution in [1.29, 1.82) is 0 Å². The van der Waals surface area contributed by atoms with Crippen molar-refractivity contribution in [3.05, 3.63) is 60.1 Å². The van der Waals surface area contributed by atoms with Gasteiger partial charge in [-0.3, -0.25) is 4.79 Å². The molecule has 24 heavy (non-hydrogen) atoms. The van der Waals surface area contributed by atoms with Crippen LogP contribution in [0.5, 0.6) is 0 Å². The minimum Gasteiger partial charge on any atom is -0.467 e. The van der Waals surface area contributed by atoms with E-state index < -0.39 is 0 Å². The van der Waals surface area contributed by atoms with Crippen LogP contribution in [-0.2, 0) is 11.3 Å². The Balaban J connectivity index is 1.40. The second-order valence-corrected chi connectivity index (χ2v) is 5.85. The van der Waals surface area contributed by atoms with Crippen molar-refractivity contribution in [3.63, 3.8) is 0 Å². The van der Waals surface area contributed by atoms with Gasteiger partial charge in [-0.2, -0.15) is 0 Å². The summed E-state index contributed by atoms with van der Waals surface area (Å²) < 4.78 is 5.13. The molecule has 6 nitrogen and oxygen atoms in total. The third-order valence-electron chi connectivity index (χ3n) is 4.22. The number of carbonyl (C=O) groups is 2. The SMILES string of the molecule is O=C(NCC(=O)N1CC[C@@H](c2ccccc2)C1)NCc1ccco1. The molecule has 1 aliphatic rings. The molecule has 1 atom stereocenters. The maximum absolute atomic E-state index is 12.2. The van der Waals surface area contributed by atoms with Crippen LogP contribution in [0.15, 0.2) is 53.1 Å². The van der Waals surface area contributed by atoms with E-state index in [1.165, 1.54) is 5.56 Å². The standard InChI is InChI=1S/C18H21N3O3/c22-17(12-20-18(23)19-11-16-7-4-10-24-16)21-9-8-15(13-21)14-5-2-1-3-6-14/h1-7,10,15H,8-9,11-13H2,(H2,19,20,23)/t15-/m1/s1. The number of hydrogen-bond acceptors (Lipinski definition) is 3. The van der Waals surface area contributed by atoms with E-state index in [2.05, 4.69) is 22.8 Å². The highest BCUT2D eigenvalue weighted by Gasteiger charge is 2.27. The van der Waals surface area contributed by atoms with Crippen LogP contribution in [0.25, 0.3) is 0 Å². The number of urea groups is 1. The Morgan fingerprint density at radius 1 is 1.12 bits per heavy atom. The molecule has 3 amide bonds. The van der Waals surface area contributed by atoms with Gasteiger partial charge in [0.1, 0.15) is 5.76 Å². The Bertz CT molecular complexity index is 670. The second kappa shape index (κ2) is 7.68. The summed E-state index contributed by atoms with van der Waals surface area (Å²) in [4.78, 5) is 25.7. The van der Waals surface area contributed by atoms with Crippen molar-refractivity contribution in [2.45, 2.75) is 18.9 Å². The Labute approximate surface area is 140 Å². The van der Waals surface area contributed by atoms with Crippen LogP contribution in [0.2, 0.25) is 0 Å². The van der Waals surface area contributed by atoms with Gasteiger partial charge in [0.05, 0.1) is 19.4 Å². The molecule has 0 unspecified atom stereocenters. The van der Waals surface area contributed by atoms with Crippen LogP contribution < -0.4 is 10.6 Å². The zero-order chi connectivity index (χ0) is 16.8. The van der Waals surface area contributed by atoms with Crippen molar-refractivity contribution in [1.82, 2.24) is 15.5 Å². The number of nitrogens with zero attached hydrogens (tertiary/aromatic N) is 1. The number of nitrogens with one attached hydrogen (secondary N) is 2. The van der Waals surface area contributed by atoms with Gasteiger partial charge < -0.3 is 20.0 Å². The number of hydrogen-bond donors (Lipinski definition) is 2. The van der Waals surface area contributed by atoms with Crippen molar-refractivity contribution in [2.24, 2.45) is 0 Å². The Morgan fingerprint density at radius 3 is 2.71 bits per heavy atom. The highest BCUT2D eigenvalue weighted by molar-refractivity contribution is 5.84. The highest BCUT2D eigenvalue weighted by Crippen LogP contribution is 2.26. The van der Waals surface area contributed by atoms with E-state index in [9.17, 15) is 9.59 Å². The number of rotatable bonds is 5. The van der Waals surface area contributed by atoms with Gasteiger partial charge in [0, 0.05) is 19.0 Å². The van der Waals surface area contributed by atoms with Gasteiger partial charge in [-0.05, 0) is 24.1 Å². The molecule has 1 aliphatic heterocycles. The van der Waals surface area contributed by atoms with Gasteiger partial charge in [-0.25, -0.2) is 4.79 Å². The van der Waals surface area contributed by atoms with Crippen molar-refractivity contribution >= 4 is 11.9 Å². The molecule has 0 spiro atoms. The molecule has 3 rings (SSSR count). The van der Waals surface area contributed by atoms with Gasteiger partial charge >= 0.3 is 6.03 Å². The molecule has 2 heterocycles. The van der Waals surface area contributed by atoms with E-state index in [0.29, 0.717) is 24.8 Å². The summed E-state index contributed by atoms with van der Waals surface area (Å²) in [5.41, 5.74) is 1.26. The monoisotopic (exact) mass is 327 g/mol. The molecule has 2 N–H and O–H groups in total. The molecule has 6 heteroatoms. The van der Waals surface area contributed by atoms with Crippen molar-refractivity contribution < 1.29 is 14.0 Å². The lowest BCUT2D eigenvalue weighted by atomic mass is 9.99. The first-order valence-electron chi connectivity index (χ1n) is 8.09. The van der Waals surface area contributed by atoms with Crippen LogP contribution in [0, 0.1) is 0 Å². The first-order chi connectivity index (χ1) is 11.7. The third kappa shape index (κ3) is 4.16. The number of amides is 3. The number of carbonyl (C=O) groups excluding carboxylic acids is 2. The zero-order valence-electron chi connectivity index (χ0n) is 13.4. The summed E-state index contributed by atoms with van der Waals surface area (Å²) in [7, 11) is 0. The average Bonchev–Trinajstić information content (AvgIpc) is 3.30. The van der Waals surface area contributed by atoms with Gasteiger partial charge in [-0.1, -0.05) is 30.3 Å². The predicted octanol–water partition coefficient (Wildman–Crippen LogP) is 2.09. The Kier molecular flexibility index (Phi) is 5.15. The van der Waals surface area contributed by atoms with E-state index in [-0.39, 0.29) is 18.5 Å². The summed E-state index contributed by atoms with van der Waals surface area (Å²) in [6.07, 6.45) is 2.51. The molecule has 1 aromatic carbocycles. The predicted molar refractivity (Wildman–Crippen MR) is 89.3 cm³/mol. The molecule has 1 fully saturated rings. The molecule has 0 aliphatic carbocycles. The van der Waals surface area contributed by atoms with Crippen LogP contribution in [0.3, 0.4) is 0 Å². The molecule has 1 saturated heterocycles. The smallest absolute Gasteiger partial charge is 0.315 e. The normalized spacial score (nSPS) is 16.8. The molecular formula is C18H21N3O3. The summed E-state index contributed by atoms with van der Waals surface area (Å²) in [6, 6.07) is 13.4. The molecule has 0 bridgehead atoms. The van der Waals surface area contributed by atoms with Crippen LogP contribution in [-0.4, -0.2) is 36.5 Å². The van der Waals surface area contributed by atoms with Gasteiger partial charge in [-0.15, -0.1) is 0 Å². The summed E-state index contributed by atoms with van der Waals surface area (Å²) in [6.45, 7) is 1.74. The van der Waals surface area contributed by atoms with E-state index in [4.69, 9.17) is 4.42 Å². The minimum absolute atomic E-state index is 0.00545. The van der Waals surface area contributed by atoms with Crippen LogP contribution in [0.1, 0.15) is 23.7 Å². The average molecular weight is 327 g/mol. The number of likely N-dealkylation sites (tertiary alicyclic amines) is 1. The quantitative estimate of drug-likeness (QED) is 0.883. The molecule has 0 radical (unpaired) electrons. The first-order valence-corrected chi connectivity index (χ1v) is 8.09. The lowest BCUT2D eigenvalue weighted by molar-refractivity contribution is -0.129. The molecular weight excluding hydrogens is 306 g/mol. The Hall–Kier alpha value is -2.76. The minimum atomic E-state index is -0.376. The van der Waals surface area contributed by atoms with Gasteiger partial charge in [0.2, 0.25) is 5.91 Å². The summed E-state index contributed by atoms with van der Waals surface area (Å²) >= 11 is 0. The first kappa shape index (κ1) is 16.1. The van der Waals surface area contributed by atoms with Gasteiger partial charge in [0.25, 0.3) is 0 Å². The van der Waals surface area contributed by atoms with Crippen LogP contribution in [0.4, 0.5) is 4.79 Å². The molecule has 126 valence electrons. The topological polar surface area (TPSA) is 74.6 Å². The van der Waals surface area contributed by atoms with Crippen molar-refractivity contribution in [3.8, 4) is 0 Å². The third-order valence-corrected chi connectivity index (χ3v) is 4.22. The number of furan rings is 1. The largest absolute Gasteiger partial charge is 0.467 e. The summed E-state index contributed by atoms with van der Waals surface area (Å²) in [5, 5.41) is 5.24.